The van der Waals surface area contributed by atoms with Crippen molar-refractivity contribution < 1.29 is 9.47 Å². The number of aromatic nitrogens is 2. The topological polar surface area (TPSA) is 70.3 Å². The highest BCUT2D eigenvalue weighted by atomic mass is 32.1. The molecule has 1 fully saturated rings. The van der Waals surface area contributed by atoms with Crippen LogP contribution in [0.3, 0.4) is 0 Å². The van der Waals surface area contributed by atoms with Gasteiger partial charge in [-0.3, -0.25) is 0 Å². The van der Waals surface area contributed by atoms with Crippen LogP contribution < -0.4 is 10.5 Å². The van der Waals surface area contributed by atoms with E-state index < -0.39 is 0 Å². The normalized spacial score (nSPS) is 16.0. The molecule has 0 amide bonds. The summed E-state index contributed by atoms with van der Waals surface area (Å²) in [4.78, 5) is 8.24. The van der Waals surface area contributed by atoms with Gasteiger partial charge in [-0.2, -0.15) is 0 Å². The number of thiocarbonyl (C=S) groups is 1. The predicted octanol–water partition coefficient (Wildman–Crippen LogP) is -0.112. The van der Waals surface area contributed by atoms with Crippen molar-refractivity contribution in [1.29, 1.82) is 0 Å². The Morgan fingerprint density at radius 1 is 1.50 bits per heavy atom. The van der Waals surface area contributed by atoms with Crippen LogP contribution in [0.4, 0.5) is 0 Å². The largest absolute Gasteiger partial charge is 0.468 e. The maximum atomic E-state index is 5.40. The highest BCUT2D eigenvalue weighted by Crippen LogP contribution is 2.11. The van der Waals surface area contributed by atoms with E-state index >= 15 is 0 Å². The monoisotopic (exact) mass is 211 g/mol. The van der Waals surface area contributed by atoms with Gasteiger partial charge in [0.25, 0.3) is 0 Å². The van der Waals surface area contributed by atoms with Crippen LogP contribution in [0.2, 0.25) is 0 Å². The highest BCUT2D eigenvalue weighted by molar-refractivity contribution is 7.80. The lowest BCUT2D eigenvalue weighted by Gasteiger charge is -2.25. The molecule has 1 aliphatic heterocycles. The fourth-order valence-corrected chi connectivity index (χ4v) is 1.06. The van der Waals surface area contributed by atoms with Crippen molar-refractivity contribution >= 4 is 17.2 Å². The van der Waals surface area contributed by atoms with E-state index in [0.29, 0.717) is 24.8 Å². The Bertz CT molecular complexity index is 337. The summed E-state index contributed by atoms with van der Waals surface area (Å²) in [5.74, 6) is 0.471. The molecule has 6 heteroatoms. The first-order valence-electron chi connectivity index (χ1n) is 4.12. The van der Waals surface area contributed by atoms with E-state index in [2.05, 4.69) is 9.97 Å². The molecule has 5 nitrogen and oxygen atoms in total. The molecule has 2 N–H and O–H groups in total. The highest BCUT2D eigenvalue weighted by Gasteiger charge is 2.20. The maximum Gasteiger partial charge on any atom is 0.232 e. The minimum atomic E-state index is 0.0972. The Morgan fingerprint density at radius 2 is 2.29 bits per heavy atom. The predicted molar refractivity (Wildman–Crippen MR) is 53.2 cm³/mol. The van der Waals surface area contributed by atoms with Crippen molar-refractivity contribution in [3.8, 4) is 5.88 Å². The first-order valence-corrected chi connectivity index (χ1v) is 4.53. The van der Waals surface area contributed by atoms with Gasteiger partial charge in [-0.1, -0.05) is 12.2 Å². The summed E-state index contributed by atoms with van der Waals surface area (Å²) in [5, 5.41) is 0. The van der Waals surface area contributed by atoms with E-state index in [1.807, 2.05) is 0 Å². The molecular weight excluding hydrogens is 202 g/mol. The molecule has 0 aliphatic carbocycles. The number of nitrogens with zero attached hydrogens (tertiary/aromatic N) is 2. The molecule has 1 aromatic heterocycles. The third-order valence-corrected chi connectivity index (χ3v) is 1.98. The number of hydrogen-bond acceptors (Lipinski definition) is 5. The van der Waals surface area contributed by atoms with E-state index in [-0.39, 0.29) is 11.1 Å². The van der Waals surface area contributed by atoms with Crippen LogP contribution in [-0.4, -0.2) is 34.3 Å². The zero-order valence-electron chi connectivity index (χ0n) is 7.34. The van der Waals surface area contributed by atoms with Crippen LogP contribution in [0.5, 0.6) is 5.88 Å². The van der Waals surface area contributed by atoms with Gasteiger partial charge in [-0.15, -0.1) is 0 Å². The molecular formula is C8H9N3O2S. The summed E-state index contributed by atoms with van der Waals surface area (Å²) in [6.07, 6.45) is 3.10. The molecule has 0 radical (unpaired) electrons. The maximum absolute atomic E-state index is 5.40. The summed E-state index contributed by atoms with van der Waals surface area (Å²) in [5.41, 5.74) is 5.87. The van der Waals surface area contributed by atoms with Crippen molar-refractivity contribution in [2.75, 3.05) is 13.2 Å². The van der Waals surface area contributed by atoms with Crippen LogP contribution in [0.15, 0.2) is 12.4 Å². The van der Waals surface area contributed by atoms with Crippen LogP contribution in [0, 0.1) is 0 Å². The molecule has 1 saturated heterocycles. The zero-order chi connectivity index (χ0) is 9.97. The Kier molecular flexibility index (Phi) is 2.55. The van der Waals surface area contributed by atoms with Crippen LogP contribution in [-0.2, 0) is 4.74 Å². The number of hydrogen-bond donors (Lipinski definition) is 1. The lowest BCUT2D eigenvalue weighted by molar-refractivity contribution is -0.0814. The lowest BCUT2D eigenvalue weighted by atomic mass is 10.3. The minimum Gasteiger partial charge on any atom is -0.468 e. The molecule has 0 saturated carbocycles. The molecule has 0 aromatic carbocycles. The van der Waals surface area contributed by atoms with E-state index in [1.54, 1.807) is 0 Å². The van der Waals surface area contributed by atoms with Gasteiger partial charge in [0.05, 0.1) is 25.6 Å². The van der Waals surface area contributed by atoms with Gasteiger partial charge in [-0.25, -0.2) is 9.97 Å². The van der Waals surface area contributed by atoms with Crippen molar-refractivity contribution in [1.82, 2.24) is 9.97 Å². The summed E-state index contributed by atoms with van der Waals surface area (Å²) in [6, 6.07) is 0. The second-order valence-corrected chi connectivity index (χ2v) is 3.32. The van der Waals surface area contributed by atoms with Gasteiger partial charge in [0, 0.05) is 0 Å². The number of ether oxygens (including phenoxy) is 2. The lowest BCUT2D eigenvalue weighted by Crippen LogP contribution is -2.38. The number of rotatable bonds is 3. The molecule has 1 aliphatic rings. The van der Waals surface area contributed by atoms with Crippen LogP contribution >= 0.6 is 12.2 Å². The Labute approximate surface area is 86.3 Å². The smallest absolute Gasteiger partial charge is 0.232 e. The van der Waals surface area contributed by atoms with E-state index in [1.165, 1.54) is 12.4 Å². The summed E-state index contributed by atoms with van der Waals surface area (Å²) in [7, 11) is 0. The first-order chi connectivity index (χ1) is 6.75. The van der Waals surface area contributed by atoms with Crippen LogP contribution in [0.1, 0.15) is 5.69 Å². The summed E-state index contributed by atoms with van der Waals surface area (Å²) >= 11 is 4.74. The van der Waals surface area contributed by atoms with Gasteiger partial charge < -0.3 is 15.2 Å². The molecule has 0 bridgehead atoms. The Morgan fingerprint density at radius 3 is 2.71 bits per heavy atom. The van der Waals surface area contributed by atoms with Crippen LogP contribution in [0.25, 0.3) is 0 Å². The molecule has 2 rings (SSSR count). The fraction of sp³-hybridized carbons (Fsp3) is 0.375. The second kappa shape index (κ2) is 3.85. The quantitative estimate of drug-likeness (QED) is 0.703. The SMILES string of the molecule is NC(=S)c1cnc(OC2COC2)cn1. The van der Waals surface area contributed by atoms with Gasteiger partial charge in [0.1, 0.15) is 16.8 Å². The van der Waals surface area contributed by atoms with E-state index in [0.717, 1.165) is 0 Å². The van der Waals surface area contributed by atoms with Gasteiger partial charge >= 0.3 is 0 Å². The van der Waals surface area contributed by atoms with Gasteiger partial charge in [0.2, 0.25) is 5.88 Å². The first kappa shape index (κ1) is 9.29. The molecule has 14 heavy (non-hydrogen) atoms. The minimum absolute atomic E-state index is 0.0972. The fourth-order valence-electron chi connectivity index (χ4n) is 0.957. The summed E-state index contributed by atoms with van der Waals surface area (Å²) in [6.45, 7) is 1.22. The van der Waals surface area contributed by atoms with E-state index in [9.17, 15) is 0 Å². The molecule has 0 spiro atoms. The van der Waals surface area contributed by atoms with Crippen molar-refractivity contribution in [3.63, 3.8) is 0 Å². The molecule has 1 aromatic rings. The zero-order valence-corrected chi connectivity index (χ0v) is 8.16. The molecule has 74 valence electrons. The van der Waals surface area contributed by atoms with Gasteiger partial charge in [-0.05, 0) is 0 Å². The Hall–Kier alpha value is -1.27. The third-order valence-electron chi connectivity index (χ3n) is 1.78. The average molecular weight is 211 g/mol. The molecule has 2 heterocycles. The molecule has 0 atom stereocenters. The Balaban J connectivity index is 2.01. The van der Waals surface area contributed by atoms with E-state index in [4.69, 9.17) is 27.4 Å². The van der Waals surface area contributed by atoms with Gasteiger partial charge in [0.15, 0.2) is 0 Å². The third kappa shape index (κ3) is 1.97. The standard InChI is InChI=1S/C8H9N3O2S/c9-8(14)6-1-11-7(2-10-6)13-5-3-12-4-5/h1-2,5H,3-4H2,(H2,9,14). The number of nitrogens with two attached hydrogens (primary N) is 1. The van der Waals surface area contributed by atoms with Crippen molar-refractivity contribution in [2.24, 2.45) is 5.73 Å². The van der Waals surface area contributed by atoms with Crippen molar-refractivity contribution in [3.05, 3.63) is 18.1 Å². The average Bonchev–Trinajstić information content (AvgIpc) is 2.12. The summed E-state index contributed by atoms with van der Waals surface area (Å²) < 4.78 is 10.4. The molecule has 0 unspecified atom stereocenters. The second-order valence-electron chi connectivity index (χ2n) is 2.88. The van der Waals surface area contributed by atoms with Crippen molar-refractivity contribution in [2.45, 2.75) is 6.10 Å².